The quantitative estimate of drug-likeness (QED) is 0.702. The van der Waals surface area contributed by atoms with Crippen molar-refractivity contribution in [2.45, 2.75) is 6.92 Å². The van der Waals surface area contributed by atoms with Crippen molar-refractivity contribution < 1.29 is 0 Å². The first-order valence-electron chi connectivity index (χ1n) is 4.69. The molecule has 2 heterocycles. The standard InChI is InChI=1S/C11H12N4/c1-8-4-5-10(14(2)3)15-9(6-12)7-13-11(8)15/h4-5,7H,1-3H3. The molecule has 4 nitrogen and oxygen atoms in total. The van der Waals surface area contributed by atoms with E-state index >= 15 is 0 Å². The van der Waals surface area contributed by atoms with Gasteiger partial charge in [0.25, 0.3) is 0 Å². The fraction of sp³-hybridized carbons (Fsp3) is 0.273. The van der Waals surface area contributed by atoms with E-state index < -0.39 is 0 Å². The molecule has 0 aliphatic heterocycles. The fourth-order valence-electron chi connectivity index (χ4n) is 1.64. The molecule has 2 aromatic heterocycles. The number of anilines is 1. The first-order chi connectivity index (χ1) is 7.15. The number of nitrogens with zero attached hydrogens (tertiary/aromatic N) is 4. The molecule has 4 heteroatoms. The highest BCUT2D eigenvalue weighted by atomic mass is 15.2. The van der Waals surface area contributed by atoms with Crippen molar-refractivity contribution in [3.63, 3.8) is 0 Å². The molecule has 15 heavy (non-hydrogen) atoms. The van der Waals surface area contributed by atoms with E-state index in [0.717, 1.165) is 17.0 Å². The molecule has 0 fully saturated rings. The predicted octanol–water partition coefficient (Wildman–Crippen LogP) is 1.58. The topological polar surface area (TPSA) is 44.3 Å². The Morgan fingerprint density at radius 1 is 1.40 bits per heavy atom. The molecule has 0 aliphatic carbocycles. The second-order valence-electron chi connectivity index (χ2n) is 3.68. The minimum Gasteiger partial charge on any atom is -0.364 e. The molecular weight excluding hydrogens is 188 g/mol. The van der Waals surface area contributed by atoms with Gasteiger partial charge in [0.05, 0.1) is 6.20 Å². The molecule has 0 saturated carbocycles. The average molecular weight is 200 g/mol. The number of hydrogen-bond acceptors (Lipinski definition) is 3. The summed E-state index contributed by atoms with van der Waals surface area (Å²) in [5.74, 6) is 0.963. The molecule has 76 valence electrons. The molecule has 2 aromatic rings. The fourth-order valence-corrected chi connectivity index (χ4v) is 1.64. The van der Waals surface area contributed by atoms with Crippen molar-refractivity contribution in [3.05, 3.63) is 29.6 Å². The maximum atomic E-state index is 8.99. The van der Waals surface area contributed by atoms with E-state index in [0.29, 0.717) is 5.69 Å². The second kappa shape index (κ2) is 3.28. The summed E-state index contributed by atoms with van der Waals surface area (Å²) in [5.41, 5.74) is 2.48. The number of aryl methyl sites for hydroxylation is 1. The second-order valence-corrected chi connectivity index (χ2v) is 3.68. The van der Waals surface area contributed by atoms with E-state index in [9.17, 15) is 0 Å². The maximum absolute atomic E-state index is 8.99. The minimum absolute atomic E-state index is 0.567. The van der Waals surface area contributed by atoms with Gasteiger partial charge < -0.3 is 4.90 Å². The summed E-state index contributed by atoms with van der Waals surface area (Å²) in [5, 5.41) is 8.99. The van der Waals surface area contributed by atoms with Crippen LogP contribution in [0.1, 0.15) is 11.3 Å². The van der Waals surface area contributed by atoms with Gasteiger partial charge in [-0.2, -0.15) is 5.26 Å². The summed E-state index contributed by atoms with van der Waals surface area (Å²) in [4.78, 5) is 6.21. The Kier molecular flexibility index (Phi) is 2.09. The monoisotopic (exact) mass is 200 g/mol. The Bertz CT molecular complexity index is 545. The first-order valence-corrected chi connectivity index (χ1v) is 4.69. The molecule has 0 amide bonds. The van der Waals surface area contributed by atoms with Gasteiger partial charge in [-0.25, -0.2) is 4.98 Å². The Labute approximate surface area is 88.4 Å². The van der Waals surface area contributed by atoms with Gasteiger partial charge in [0.1, 0.15) is 23.2 Å². The maximum Gasteiger partial charge on any atom is 0.146 e. The van der Waals surface area contributed by atoms with Crippen LogP contribution in [0, 0.1) is 18.3 Å². The molecule has 0 unspecified atom stereocenters. The van der Waals surface area contributed by atoms with Crippen molar-refractivity contribution in [2.75, 3.05) is 19.0 Å². The molecule has 2 rings (SSSR count). The molecule has 0 saturated heterocycles. The first kappa shape index (κ1) is 9.53. The van der Waals surface area contributed by atoms with Crippen LogP contribution in [0.3, 0.4) is 0 Å². The average Bonchev–Trinajstić information content (AvgIpc) is 2.62. The van der Waals surface area contributed by atoms with Gasteiger partial charge in [-0.1, -0.05) is 6.07 Å². The zero-order valence-electron chi connectivity index (χ0n) is 9.02. The van der Waals surface area contributed by atoms with Gasteiger partial charge in [0.15, 0.2) is 0 Å². The Morgan fingerprint density at radius 2 is 2.13 bits per heavy atom. The van der Waals surface area contributed by atoms with E-state index in [1.54, 1.807) is 6.20 Å². The zero-order valence-corrected chi connectivity index (χ0v) is 9.02. The molecule has 0 radical (unpaired) electrons. The Balaban J connectivity index is 2.89. The number of pyridine rings is 1. The number of fused-ring (bicyclic) bond motifs is 1. The highest BCUT2D eigenvalue weighted by Crippen LogP contribution is 2.19. The number of hydrogen-bond donors (Lipinski definition) is 0. The van der Waals surface area contributed by atoms with Crippen molar-refractivity contribution in [3.8, 4) is 6.07 Å². The SMILES string of the molecule is Cc1ccc(N(C)C)n2c(C#N)cnc12. The van der Waals surface area contributed by atoms with E-state index in [4.69, 9.17) is 5.26 Å². The normalized spacial score (nSPS) is 10.3. The number of imidazole rings is 1. The third kappa shape index (κ3) is 1.33. The highest BCUT2D eigenvalue weighted by Gasteiger charge is 2.10. The Morgan fingerprint density at radius 3 is 2.73 bits per heavy atom. The number of rotatable bonds is 1. The van der Waals surface area contributed by atoms with Gasteiger partial charge in [0, 0.05) is 14.1 Å². The van der Waals surface area contributed by atoms with Crippen LogP contribution in [0.4, 0.5) is 5.82 Å². The third-order valence-electron chi connectivity index (χ3n) is 2.40. The van der Waals surface area contributed by atoms with Crippen LogP contribution >= 0.6 is 0 Å². The molecule has 0 N–H and O–H groups in total. The molecule has 0 aromatic carbocycles. The van der Waals surface area contributed by atoms with Gasteiger partial charge in [-0.05, 0) is 18.6 Å². The Hall–Kier alpha value is -2.02. The lowest BCUT2D eigenvalue weighted by Crippen LogP contribution is -2.13. The van der Waals surface area contributed by atoms with Crippen LogP contribution in [0.5, 0.6) is 0 Å². The van der Waals surface area contributed by atoms with Crippen molar-refractivity contribution in [1.82, 2.24) is 9.38 Å². The minimum atomic E-state index is 0.567. The largest absolute Gasteiger partial charge is 0.364 e. The summed E-state index contributed by atoms with van der Waals surface area (Å²) < 4.78 is 1.87. The smallest absolute Gasteiger partial charge is 0.146 e. The highest BCUT2D eigenvalue weighted by molar-refractivity contribution is 5.58. The van der Waals surface area contributed by atoms with Crippen LogP contribution in [-0.4, -0.2) is 23.5 Å². The molecule has 0 atom stereocenters. The van der Waals surface area contributed by atoms with Crippen LogP contribution in [0.2, 0.25) is 0 Å². The van der Waals surface area contributed by atoms with Crippen LogP contribution in [0.15, 0.2) is 18.3 Å². The molecule has 0 aliphatic rings. The van der Waals surface area contributed by atoms with Crippen molar-refractivity contribution in [1.29, 1.82) is 5.26 Å². The van der Waals surface area contributed by atoms with Crippen LogP contribution in [-0.2, 0) is 0 Å². The van der Waals surface area contributed by atoms with Crippen molar-refractivity contribution in [2.24, 2.45) is 0 Å². The predicted molar refractivity (Wildman–Crippen MR) is 59.0 cm³/mol. The molecule has 0 spiro atoms. The summed E-state index contributed by atoms with van der Waals surface area (Å²) in [6.45, 7) is 1.99. The lowest BCUT2D eigenvalue weighted by atomic mass is 10.3. The lowest BCUT2D eigenvalue weighted by Gasteiger charge is -2.15. The van der Waals surface area contributed by atoms with E-state index in [1.807, 2.05) is 42.5 Å². The summed E-state index contributed by atoms with van der Waals surface area (Å²) >= 11 is 0. The lowest BCUT2D eigenvalue weighted by molar-refractivity contribution is 1.01. The van der Waals surface area contributed by atoms with Gasteiger partial charge >= 0.3 is 0 Å². The van der Waals surface area contributed by atoms with Gasteiger partial charge in [-0.3, -0.25) is 4.40 Å². The van der Waals surface area contributed by atoms with E-state index in [-0.39, 0.29) is 0 Å². The van der Waals surface area contributed by atoms with Crippen LogP contribution < -0.4 is 4.90 Å². The zero-order chi connectivity index (χ0) is 11.0. The molecule has 0 bridgehead atoms. The molecular formula is C11H12N4. The summed E-state index contributed by atoms with van der Waals surface area (Å²) in [6.07, 6.45) is 1.61. The number of nitriles is 1. The van der Waals surface area contributed by atoms with Gasteiger partial charge in [-0.15, -0.1) is 0 Å². The van der Waals surface area contributed by atoms with E-state index in [2.05, 4.69) is 11.1 Å². The number of aromatic nitrogens is 2. The summed E-state index contributed by atoms with van der Waals surface area (Å²) in [6, 6.07) is 6.15. The third-order valence-corrected chi connectivity index (χ3v) is 2.40. The van der Waals surface area contributed by atoms with Gasteiger partial charge in [0.2, 0.25) is 0 Å². The van der Waals surface area contributed by atoms with Crippen molar-refractivity contribution >= 4 is 11.5 Å². The van der Waals surface area contributed by atoms with Crippen LogP contribution in [0.25, 0.3) is 5.65 Å². The van der Waals surface area contributed by atoms with E-state index in [1.165, 1.54) is 0 Å². The summed E-state index contributed by atoms with van der Waals surface area (Å²) in [7, 11) is 3.90.